The van der Waals surface area contributed by atoms with Crippen LogP contribution in [0, 0.1) is 0 Å². The van der Waals surface area contributed by atoms with Crippen LogP contribution in [0.4, 0.5) is 5.13 Å². The first kappa shape index (κ1) is 18.4. The van der Waals surface area contributed by atoms with E-state index in [1.807, 2.05) is 6.07 Å². The van der Waals surface area contributed by atoms with Gasteiger partial charge in [-0.05, 0) is 0 Å². The molecule has 5 rings (SSSR count). The molecule has 0 saturated heterocycles. The lowest BCUT2D eigenvalue weighted by Crippen LogP contribution is -2.37. The van der Waals surface area contributed by atoms with E-state index in [9.17, 15) is 14.4 Å². The van der Waals surface area contributed by atoms with Gasteiger partial charge in [0.25, 0.3) is 5.56 Å². The first-order valence-corrected chi connectivity index (χ1v) is 9.85. The molecule has 0 spiro atoms. The number of thiazole rings is 1. The zero-order valence-corrected chi connectivity index (χ0v) is 16.9. The Morgan fingerprint density at radius 2 is 1.90 bits per heavy atom. The maximum atomic E-state index is 12.6. The van der Waals surface area contributed by atoms with Crippen molar-refractivity contribution in [3.63, 3.8) is 0 Å². The van der Waals surface area contributed by atoms with Crippen LogP contribution >= 0.6 is 11.3 Å². The van der Waals surface area contributed by atoms with E-state index in [1.165, 1.54) is 40.9 Å². The van der Waals surface area contributed by atoms with Crippen LogP contribution in [-0.2, 0) is 25.4 Å². The third-order valence-electron chi connectivity index (χ3n) is 4.83. The zero-order chi connectivity index (χ0) is 21.0. The molecule has 0 saturated carbocycles. The topological polar surface area (TPSA) is 122 Å². The summed E-state index contributed by atoms with van der Waals surface area (Å²) in [5.41, 5.74) is 0.107. The summed E-state index contributed by atoms with van der Waals surface area (Å²) in [7, 11) is 2.91. The average Bonchev–Trinajstić information content (AvgIpc) is 3.31. The highest BCUT2D eigenvalue weighted by molar-refractivity contribution is 7.22. The van der Waals surface area contributed by atoms with Gasteiger partial charge in [0.05, 0.1) is 16.5 Å². The standard InChI is InChI=1S/C18H16N6O5S/c1-22-15-14(16(26)23(2)18(22)27)24(8-19-15)7-13(25)21-17-20-9-5-10-11(6-12(9)30-17)29-4-3-28-10/h5-6,8H,3-4,7H2,1-2H3,(H,20,21,25). The van der Waals surface area contributed by atoms with Crippen LogP contribution < -0.4 is 26.0 Å². The number of ether oxygens (including phenoxy) is 2. The van der Waals surface area contributed by atoms with Crippen LogP contribution in [-0.4, -0.2) is 42.8 Å². The Labute approximate surface area is 172 Å². The predicted octanol–water partition coefficient (Wildman–Crippen LogP) is 0.453. The lowest BCUT2D eigenvalue weighted by Gasteiger charge is -2.17. The number of anilines is 1. The first-order valence-electron chi connectivity index (χ1n) is 9.03. The smallest absolute Gasteiger partial charge is 0.332 e. The normalized spacial score (nSPS) is 13.1. The summed E-state index contributed by atoms with van der Waals surface area (Å²) < 4.78 is 15.7. The van der Waals surface area contributed by atoms with Crippen molar-refractivity contribution in [2.75, 3.05) is 18.5 Å². The highest BCUT2D eigenvalue weighted by Crippen LogP contribution is 2.37. The number of carbonyl (C=O) groups is 1. The fourth-order valence-electron chi connectivity index (χ4n) is 3.35. The second-order valence-corrected chi connectivity index (χ2v) is 7.81. The Kier molecular flexibility index (Phi) is 4.10. The quantitative estimate of drug-likeness (QED) is 0.503. The molecule has 4 heterocycles. The number of imidazole rings is 1. The minimum atomic E-state index is -0.510. The van der Waals surface area contributed by atoms with Gasteiger partial charge in [0.15, 0.2) is 27.8 Å². The molecule has 1 N–H and O–H groups in total. The van der Waals surface area contributed by atoms with Crippen molar-refractivity contribution in [3.8, 4) is 11.5 Å². The Hall–Kier alpha value is -3.67. The Bertz CT molecular complexity index is 1400. The maximum absolute atomic E-state index is 12.6. The fourth-order valence-corrected chi connectivity index (χ4v) is 4.24. The molecule has 1 aromatic carbocycles. The van der Waals surface area contributed by atoms with E-state index in [0.717, 1.165) is 9.27 Å². The Morgan fingerprint density at radius 3 is 2.67 bits per heavy atom. The van der Waals surface area contributed by atoms with E-state index < -0.39 is 11.2 Å². The van der Waals surface area contributed by atoms with Gasteiger partial charge in [0, 0.05) is 26.2 Å². The molecular formula is C18H16N6O5S. The number of benzene rings is 1. The number of nitrogens with one attached hydrogen (secondary N) is 1. The summed E-state index contributed by atoms with van der Waals surface area (Å²) in [6.45, 7) is 0.823. The molecule has 0 aliphatic carbocycles. The van der Waals surface area contributed by atoms with Gasteiger partial charge in [0.1, 0.15) is 19.8 Å². The van der Waals surface area contributed by atoms with Gasteiger partial charge in [-0.3, -0.25) is 18.7 Å². The number of hydrogen-bond acceptors (Lipinski definition) is 8. The summed E-state index contributed by atoms with van der Waals surface area (Å²) in [6, 6.07) is 3.62. The number of carbonyl (C=O) groups excluding carboxylic acids is 1. The largest absolute Gasteiger partial charge is 0.486 e. The molecule has 1 aliphatic heterocycles. The zero-order valence-electron chi connectivity index (χ0n) is 16.0. The molecule has 1 aliphatic rings. The molecule has 30 heavy (non-hydrogen) atoms. The van der Waals surface area contributed by atoms with E-state index in [-0.39, 0.29) is 23.6 Å². The summed E-state index contributed by atoms with van der Waals surface area (Å²) in [5.74, 6) is 0.909. The Morgan fingerprint density at radius 1 is 1.17 bits per heavy atom. The SMILES string of the molecule is Cn1c(=O)c2c(ncn2CC(=O)Nc2nc3cc4c(cc3s2)OCCO4)n(C)c1=O. The number of rotatable bonds is 3. The second kappa shape index (κ2) is 6.69. The molecule has 0 atom stereocenters. The third-order valence-corrected chi connectivity index (χ3v) is 5.76. The lowest BCUT2D eigenvalue weighted by molar-refractivity contribution is -0.116. The van der Waals surface area contributed by atoms with Gasteiger partial charge in [-0.1, -0.05) is 11.3 Å². The summed E-state index contributed by atoms with van der Waals surface area (Å²) in [4.78, 5) is 45.6. The molecule has 12 heteroatoms. The molecule has 1 amide bonds. The number of aryl methyl sites for hydroxylation is 1. The fraction of sp³-hybridized carbons (Fsp3) is 0.278. The average molecular weight is 428 g/mol. The van der Waals surface area contributed by atoms with Crippen molar-refractivity contribution in [2.45, 2.75) is 6.54 Å². The monoisotopic (exact) mass is 428 g/mol. The molecule has 0 radical (unpaired) electrons. The van der Waals surface area contributed by atoms with Gasteiger partial charge >= 0.3 is 5.69 Å². The molecule has 154 valence electrons. The Balaban J connectivity index is 1.43. The molecule has 0 bridgehead atoms. The minimum absolute atomic E-state index is 0.150. The van der Waals surface area contributed by atoms with Crippen LogP contribution in [0.3, 0.4) is 0 Å². The van der Waals surface area contributed by atoms with E-state index in [1.54, 1.807) is 6.07 Å². The molecule has 0 unspecified atom stereocenters. The van der Waals surface area contributed by atoms with Crippen molar-refractivity contribution >= 4 is 43.8 Å². The highest BCUT2D eigenvalue weighted by atomic mass is 32.1. The highest BCUT2D eigenvalue weighted by Gasteiger charge is 2.18. The molecule has 4 aromatic rings. The van der Waals surface area contributed by atoms with Crippen molar-refractivity contribution in [1.82, 2.24) is 23.7 Å². The van der Waals surface area contributed by atoms with Crippen LogP contribution in [0.15, 0.2) is 28.0 Å². The number of hydrogen-bond donors (Lipinski definition) is 1. The number of aromatic nitrogens is 5. The van der Waals surface area contributed by atoms with Crippen LogP contribution in [0.2, 0.25) is 0 Å². The molecule has 11 nitrogen and oxygen atoms in total. The van der Waals surface area contributed by atoms with Crippen molar-refractivity contribution in [2.24, 2.45) is 14.1 Å². The van der Waals surface area contributed by atoms with Gasteiger partial charge in [-0.15, -0.1) is 0 Å². The summed E-state index contributed by atoms with van der Waals surface area (Å²) >= 11 is 1.31. The van der Waals surface area contributed by atoms with Crippen LogP contribution in [0.25, 0.3) is 21.4 Å². The van der Waals surface area contributed by atoms with Crippen molar-refractivity contribution in [1.29, 1.82) is 0 Å². The maximum Gasteiger partial charge on any atom is 0.332 e. The van der Waals surface area contributed by atoms with E-state index in [2.05, 4.69) is 15.3 Å². The number of fused-ring (bicyclic) bond motifs is 3. The van der Waals surface area contributed by atoms with Crippen molar-refractivity contribution < 1.29 is 14.3 Å². The van der Waals surface area contributed by atoms with E-state index in [0.29, 0.717) is 35.4 Å². The summed E-state index contributed by atoms with van der Waals surface area (Å²) in [5, 5.41) is 3.16. The van der Waals surface area contributed by atoms with Crippen molar-refractivity contribution in [3.05, 3.63) is 39.3 Å². The minimum Gasteiger partial charge on any atom is -0.486 e. The van der Waals surface area contributed by atoms with Gasteiger partial charge in [0.2, 0.25) is 5.91 Å². The third kappa shape index (κ3) is 2.84. The van der Waals surface area contributed by atoms with Gasteiger partial charge in [-0.25, -0.2) is 14.8 Å². The molecular weight excluding hydrogens is 412 g/mol. The number of amides is 1. The number of nitrogens with zero attached hydrogens (tertiary/aromatic N) is 5. The van der Waals surface area contributed by atoms with Gasteiger partial charge in [-0.2, -0.15) is 0 Å². The van der Waals surface area contributed by atoms with Crippen LogP contribution in [0.1, 0.15) is 0 Å². The molecule has 3 aromatic heterocycles. The molecule has 0 fully saturated rings. The second-order valence-electron chi connectivity index (χ2n) is 6.78. The first-order chi connectivity index (χ1) is 14.4. The summed E-state index contributed by atoms with van der Waals surface area (Å²) in [6.07, 6.45) is 1.37. The predicted molar refractivity (Wildman–Crippen MR) is 109 cm³/mol. The van der Waals surface area contributed by atoms with Crippen LogP contribution in [0.5, 0.6) is 11.5 Å². The van der Waals surface area contributed by atoms with E-state index >= 15 is 0 Å². The van der Waals surface area contributed by atoms with Gasteiger partial charge < -0.3 is 19.4 Å². The lowest BCUT2D eigenvalue weighted by atomic mass is 10.3. The van der Waals surface area contributed by atoms with E-state index in [4.69, 9.17) is 9.47 Å².